The van der Waals surface area contributed by atoms with Gasteiger partial charge in [0.25, 0.3) is 0 Å². The van der Waals surface area contributed by atoms with Gasteiger partial charge in [0.05, 0.1) is 6.10 Å². The van der Waals surface area contributed by atoms with Crippen molar-refractivity contribution in [2.75, 3.05) is 6.61 Å². The molecule has 0 amide bonds. The van der Waals surface area contributed by atoms with Gasteiger partial charge in [0, 0.05) is 12.6 Å². The van der Waals surface area contributed by atoms with E-state index < -0.39 is 0 Å². The molecule has 2 saturated carbocycles. The van der Waals surface area contributed by atoms with E-state index in [1.807, 2.05) is 0 Å². The van der Waals surface area contributed by atoms with Crippen LogP contribution in [0.3, 0.4) is 0 Å². The average Bonchev–Trinajstić information content (AvgIpc) is 2.27. The fraction of sp³-hybridized carbons (Fsp3) is 1.00. The van der Waals surface area contributed by atoms with E-state index in [0.717, 1.165) is 18.4 Å². The standard InChI is InChI=1S/C15H29NO/c1-2-17-15-10-13(11-15)9-14(16)8-12-6-4-3-5-7-12/h12-15H,2-11,16H2,1H3. The lowest BCUT2D eigenvalue weighted by atomic mass is 9.76. The topological polar surface area (TPSA) is 35.2 Å². The minimum absolute atomic E-state index is 0.450. The number of hydrogen-bond acceptors (Lipinski definition) is 2. The molecule has 0 aliphatic heterocycles. The largest absolute Gasteiger partial charge is 0.378 e. The van der Waals surface area contributed by atoms with Crippen LogP contribution < -0.4 is 5.73 Å². The Morgan fingerprint density at radius 3 is 2.35 bits per heavy atom. The lowest BCUT2D eigenvalue weighted by Gasteiger charge is -2.37. The third-order valence-electron chi connectivity index (χ3n) is 4.59. The zero-order valence-electron chi connectivity index (χ0n) is 11.4. The van der Waals surface area contributed by atoms with Gasteiger partial charge in [-0.15, -0.1) is 0 Å². The van der Waals surface area contributed by atoms with Crippen LogP contribution in [0.4, 0.5) is 0 Å². The zero-order chi connectivity index (χ0) is 12.1. The summed E-state index contributed by atoms with van der Waals surface area (Å²) in [5, 5.41) is 0. The molecule has 2 aliphatic carbocycles. The quantitative estimate of drug-likeness (QED) is 0.770. The second-order valence-corrected chi connectivity index (χ2v) is 6.15. The maximum atomic E-state index is 6.29. The molecule has 100 valence electrons. The molecule has 1 unspecified atom stereocenters. The number of hydrogen-bond donors (Lipinski definition) is 1. The fourth-order valence-corrected chi connectivity index (χ4v) is 3.61. The van der Waals surface area contributed by atoms with Crippen LogP contribution in [0.15, 0.2) is 0 Å². The number of nitrogens with two attached hydrogens (primary N) is 1. The first-order valence-electron chi connectivity index (χ1n) is 7.65. The molecule has 2 aliphatic rings. The van der Waals surface area contributed by atoms with E-state index in [4.69, 9.17) is 10.5 Å². The third kappa shape index (κ3) is 4.26. The van der Waals surface area contributed by atoms with E-state index in [-0.39, 0.29) is 0 Å². The second-order valence-electron chi connectivity index (χ2n) is 6.15. The van der Waals surface area contributed by atoms with Gasteiger partial charge in [-0.25, -0.2) is 0 Å². The van der Waals surface area contributed by atoms with E-state index in [1.54, 1.807) is 0 Å². The molecule has 0 radical (unpaired) electrons. The normalized spacial score (nSPS) is 32.1. The molecular weight excluding hydrogens is 210 g/mol. The van der Waals surface area contributed by atoms with Crippen molar-refractivity contribution in [3.63, 3.8) is 0 Å². The minimum atomic E-state index is 0.450. The highest BCUT2D eigenvalue weighted by Crippen LogP contribution is 2.35. The molecule has 1 atom stereocenters. The first kappa shape index (κ1) is 13.4. The molecule has 0 aromatic rings. The van der Waals surface area contributed by atoms with Gasteiger partial charge < -0.3 is 10.5 Å². The summed E-state index contributed by atoms with van der Waals surface area (Å²) >= 11 is 0. The van der Waals surface area contributed by atoms with Gasteiger partial charge in [0.1, 0.15) is 0 Å². The maximum Gasteiger partial charge on any atom is 0.0580 e. The minimum Gasteiger partial charge on any atom is -0.378 e. The summed E-state index contributed by atoms with van der Waals surface area (Å²) in [5.74, 6) is 1.78. The van der Waals surface area contributed by atoms with Crippen LogP contribution in [0.5, 0.6) is 0 Å². The summed E-state index contributed by atoms with van der Waals surface area (Å²) in [6.07, 6.45) is 12.8. The van der Waals surface area contributed by atoms with Gasteiger partial charge in [0.2, 0.25) is 0 Å². The Kier molecular flexibility index (Phi) is 5.30. The van der Waals surface area contributed by atoms with Crippen molar-refractivity contribution < 1.29 is 4.74 Å². The number of rotatable bonds is 6. The Bertz CT molecular complexity index is 207. The predicted octanol–water partition coefficient (Wildman–Crippen LogP) is 3.49. The Morgan fingerprint density at radius 2 is 1.71 bits per heavy atom. The SMILES string of the molecule is CCOC1CC(CC(N)CC2CCCCC2)C1. The summed E-state index contributed by atoms with van der Waals surface area (Å²) in [6, 6.07) is 0.450. The Balaban J connectivity index is 1.56. The smallest absolute Gasteiger partial charge is 0.0580 e. The van der Waals surface area contributed by atoms with Gasteiger partial charge >= 0.3 is 0 Å². The highest BCUT2D eigenvalue weighted by molar-refractivity contribution is 4.84. The van der Waals surface area contributed by atoms with Crippen LogP contribution >= 0.6 is 0 Å². The van der Waals surface area contributed by atoms with Crippen molar-refractivity contribution in [3.8, 4) is 0 Å². The van der Waals surface area contributed by atoms with Crippen LogP contribution in [0.1, 0.15) is 64.7 Å². The lowest BCUT2D eigenvalue weighted by molar-refractivity contribution is -0.0287. The summed E-state index contributed by atoms with van der Waals surface area (Å²) < 4.78 is 5.60. The Morgan fingerprint density at radius 1 is 1.06 bits per heavy atom. The molecule has 2 rings (SSSR count). The van der Waals surface area contributed by atoms with Crippen LogP contribution in [0, 0.1) is 11.8 Å². The Labute approximate surface area is 106 Å². The van der Waals surface area contributed by atoms with E-state index in [2.05, 4.69) is 6.92 Å². The van der Waals surface area contributed by atoms with Crippen LogP contribution in [-0.2, 0) is 4.74 Å². The van der Waals surface area contributed by atoms with E-state index in [1.165, 1.54) is 57.8 Å². The van der Waals surface area contributed by atoms with Crippen molar-refractivity contribution in [1.29, 1.82) is 0 Å². The molecule has 0 spiro atoms. The monoisotopic (exact) mass is 239 g/mol. The Hall–Kier alpha value is -0.0800. The molecule has 2 nitrogen and oxygen atoms in total. The molecule has 0 aromatic carbocycles. The van der Waals surface area contributed by atoms with Crippen LogP contribution in [0.2, 0.25) is 0 Å². The molecule has 0 heterocycles. The predicted molar refractivity (Wildman–Crippen MR) is 71.9 cm³/mol. The van der Waals surface area contributed by atoms with Gasteiger partial charge in [-0.05, 0) is 44.4 Å². The van der Waals surface area contributed by atoms with Crippen LogP contribution in [0.25, 0.3) is 0 Å². The highest BCUT2D eigenvalue weighted by atomic mass is 16.5. The van der Waals surface area contributed by atoms with Crippen molar-refractivity contribution in [2.45, 2.75) is 76.9 Å². The summed E-state index contributed by atoms with van der Waals surface area (Å²) in [7, 11) is 0. The van der Waals surface area contributed by atoms with Crippen LogP contribution in [-0.4, -0.2) is 18.8 Å². The highest BCUT2D eigenvalue weighted by Gasteiger charge is 2.31. The first-order valence-corrected chi connectivity index (χ1v) is 7.65. The molecule has 2 heteroatoms. The zero-order valence-corrected chi connectivity index (χ0v) is 11.4. The summed E-state index contributed by atoms with van der Waals surface area (Å²) in [5.41, 5.74) is 6.29. The molecule has 0 saturated heterocycles. The molecular formula is C15H29NO. The van der Waals surface area contributed by atoms with Crippen molar-refractivity contribution >= 4 is 0 Å². The van der Waals surface area contributed by atoms with E-state index >= 15 is 0 Å². The van der Waals surface area contributed by atoms with Gasteiger partial charge in [-0.1, -0.05) is 32.1 Å². The average molecular weight is 239 g/mol. The summed E-state index contributed by atoms with van der Waals surface area (Å²) in [4.78, 5) is 0. The van der Waals surface area contributed by atoms with Gasteiger partial charge in [0.15, 0.2) is 0 Å². The molecule has 2 fully saturated rings. The second kappa shape index (κ2) is 6.75. The van der Waals surface area contributed by atoms with E-state index in [9.17, 15) is 0 Å². The summed E-state index contributed by atoms with van der Waals surface area (Å²) in [6.45, 7) is 2.95. The third-order valence-corrected chi connectivity index (χ3v) is 4.59. The van der Waals surface area contributed by atoms with Gasteiger partial charge in [-0.2, -0.15) is 0 Å². The maximum absolute atomic E-state index is 6.29. The van der Waals surface area contributed by atoms with Crippen molar-refractivity contribution in [1.82, 2.24) is 0 Å². The first-order chi connectivity index (χ1) is 8.28. The fourth-order valence-electron chi connectivity index (χ4n) is 3.61. The lowest BCUT2D eigenvalue weighted by Crippen LogP contribution is -2.36. The van der Waals surface area contributed by atoms with Crippen molar-refractivity contribution in [2.24, 2.45) is 17.6 Å². The van der Waals surface area contributed by atoms with E-state index in [0.29, 0.717) is 12.1 Å². The molecule has 2 N–H and O–H groups in total. The molecule has 0 bridgehead atoms. The molecule has 0 aromatic heterocycles. The molecule has 17 heavy (non-hydrogen) atoms. The number of ether oxygens (including phenoxy) is 1. The van der Waals surface area contributed by atoms with Gasteiger partial charge in [-0.3, -0.25) is 0 Å². The van der Waals surface area contributed by atoms with Crippen molar-refractivity contribution in [3.05, 3.63) is 0 Å².